The SMILES string of the molecule is BrP1OCc2ccccc2O1. The minimum atomic E-state index is -0.866. The first-order valence-electron chi connectivity index (χ1n) is 3.21. The van der Waals surface area contributed by atoms with Crippen LogP contribution in [0.2, 0.25) is 0 Å². The van der Waals surface area contributed by atoms with Gasteiger partial charge >= 0.3 is 7.08 Å². The highest BCUT2D eigenvalue weighted by atomic mass is 79.9. The lowest BCUT2D eigenvalue weighted by Gasteiger charge is -2.20. The highest BCUT2D eigenvalue weighted by Gasteiger charge is 2.17. The van der Waals surface area contributed by atoms with Crippen LogP contribution < -0.4 is 4.52 Å². The van der Waals surface area contributed by atoms with Crippen molar-refractivity contribution in [2.75, 3.05) is 0 Å². The third-order valence-electron chi connectivity index (χ3n) is 1.46. The standard InChI is InChI=1S/C7H6BrO2P/c8-11-9-5-6-3-1-2-4-7(6)10-11/h1-4H,5H2. The van der Waals surface area contributed by atoms with Crippen LogP contribution in [0.15, 0.2) is 24.3 Å². The van der Waals surface area contributed by atoms with Crippen LogP contribution in [-0.4, -0.2) is 0 Å². The van der Waals surface area contributed by atoms with Gasteiger partial charge in [0.15, 0.2) is 0 Å². The fourth-order valence-electron chi connectivity index (χ4n) is 0.936. The average molecular weight is 233 g/mol. The molecule has 1 aromatic rings. The van der Waals surface area contributed by atoms with Gasteiger partial charge in [-0.2, -0.15) is 0 Å². The Morgan fingerprint density at radius 1 is 1.36 bits per heavy atom. The Labute approximate surface area is 74.2 Å². The van der Waals surface area contributed by atoms with E-state index in [2.05, 4.69) is 15.5 Å². The van der Waals surface area contributed by atoms with Crippen LogP contribution >= 0.6 is 22.6 Å². The van der Waals surface area contributed by atoms with E-state index in [1.54, 1.807) is 0 Å². The van der Waals surface area contributed by atoms with Gasteiger partial charge in [0.05, 0.1) is 6.61 Å². The Bertz CT molecular complexity index is 266. The van der Waals surface area contributed by atoms with E-state index < -0.39 is 7.08 Å². The summed E-state index contributed by atoms with van der Waals surface area (Å²) < 4.78 is 10.7. The Hall–Kier alpha value is -0.110. The van der Waals surface area contributed by atoms with Crippen molar-refractivity contribution in [3.63, 3.8) is 0 Å². The molecule has 1 heterocycles. The highest BCUT2D eigenvalue weighted by Crippen LogP contribution is 2.51. The maximum atomic E-state index is 5.39. The minimum absolute atomic E-state index is 0.646. The van der Waals surface area contributed by atoms with E-state index in [1.165, 1.54) is 0 Å². The number of hydrogen-bond donors (Lipinski definition) is 0. The quantitative estimate of drug-likeness (QED) is 0.640. The van der Waals surface area contributed by atoms with Crippen molar-refractivity contribution in [3.05, 3.63) is 29.8 Å². The molecule has 0 spiro atoms. The fraction of sp³-hybridized carbons (Fsp3) is 0.143. The summed E-state index contributed by atoms with van der Waals surface area (Å²) in [6, 6.07) is 7.90. The molecule has 0 N–H and O–H groups in total. The lowest BCUT2D eigenvalue weighted by atomic mass is 10.2. The maximum absolute atomic E-state index is 5.39. The van der Waals surface area contributed by atoms with Crippen molar-refractivity contribution in [1.29, 1.82) is 0 Å². The van der Waals surface area contributed by atoms with Gasteiger partial charge in [0.2, 0.25) is 0 Å². The molecule has 11 heavy (non-hydrogen) atoms. The van der Waals surface area contributed by atoms with Gasteiger partial charge in [-0.3, -0.25) is 0 Å². The highest BCUT2D eigenvalue weighted by molar-refractivity contribution is 9.38. The molecule has 0 saturated carbocycles. The van der Waals surface area contributed by atoms with Gasteiger partial charge < -0.3 is 9.05 Å². The largest absolute Gasteiger partial charge is 0.439 e. The van der Waals surface area contributed by atoms with Crippen LogP contribution in [0.4, 0.5) is 0 Å². The zero-order chi connectivity index (χ0) is 7.68. The summed E-state index contributed by atoms with van der Waals surface area (Å²) in [5.74, 6) is 0.932. The van der Waals surface area contributed by atoms with Crippen LogP contribution in [0.25, 0.3) is 0 Å². The molecule has 0 saturated heterocycles. The maximum Gasteiger partial charge on any atom is 0.307 e. The van der Waals surface area contributed by atoms with Crippen LogP contribution in [0.1, 0.15) is 5.56 Å². The van der Waals surface area contributed by atoms with Gasteiger partial charge in [-0.25, -0.2) is 0 Å². The van der Waals surface area contributed by atoms with Crippen molar-refractivity contribution in [2.45, 2.75) is 6.61 Å². The first-order chi connectivity index (χ1) is 5.36. The normalized spacial score (nSPS) is 22.1. The lowest BCUT2D eigenvalue weighted by molar-refractivity contribution is 0.290. The molecular weight excluding hydrogens is 227 g/mol. The van der Waals surface area contributed by atoms with Crippen molar-refractivity contribution < 1.29 is 9.05 Å². The van der Waals surface area contributed by atoms with Crippen LogP contribution in [-0.2, 0) is 11.1 Å². The molecule has 4 heteroatoms. The predicted octanol–water partition coefficient (Wildman–Crippen LogP) is 3.22. The zero-order valence-corrected chi connectivity index (χ0v) is 8.14. The summed E-state index contributed by atoms with van der Waals surface area (Å²) in [7, 11) is -0.866. The van der Waals surface area contributed by atoms with E-state index in [0.717, 1.165) is 11.3 Å². The minimum Gasteiger partial charge on any atom is -0.439 e. The number of halogens is 1. The number of para-hydroxylation sites is 1. The first kappa shape index (κ1) is 7.53. The van der Waals surface area contributed by atoms with Crippen LogP contribution in [0.3, 0.4) is 0 Å². The lowest BCUT2D eigenvalue weighted by Crippen LogP contribution is -1.99. The van der Waals surface area contributed by atoms with Crippen molar-refractivity contribution in [1.82, 2.24) is 0 Å². The molecule has 1 atom stereocenters. The molecule has 0 amide bonds. The molecular formula is C7H6BrO2P. The summed E-state index contributed by atoms with van der Waals surface area (Å²) in [5.41, 5.74) is 1.12. The van der Waals surface area contributed by atoms with E-state index >= 15 is 0 Å². The van der Waals surface area contributed by atoms with Gasteiger partial charge in [-0.15, -0.1) is 0 Å². The fourth-order valence-corrected chi connectivity index (χ4v) is 2.34. The van der Waals surface area contributed by atoms with Gasteiger partial charge in [-0.1, -0.05) is 18.2 Å². The molecule has 1 aliphatic rings. The predicted molar refractivity (Wildman–Crippen MR) is 47.7 cm³/mol. The second-order valence-corrected chi connectivity index (χ2v) is 4.79. The monoisotopic (exact) mass is 232 g/mol. The van der Waals surface area contributed by atoms with E-state index in [1.807, 2.05) is 24.3 Å². The molecule has 0 radical (unpaired) electrons. The molecule has 0 bridgehead atoms. The Kier molecular flexibility index (Phi) is 2.12. The third-order valence-corrected chi connectivity index (χ3v) is 3.19. The summed E-state index contributed by atoms with van der Waals surface area (Å²) in [5, 5.41) is 0. The van der Waals surface area contributed by atoms with E-state index in [0.29, 0.717) is 6.61 Å². The first-order valence-corrected chi connectivity index (χ1v) is 6.40. The molecule has 58 valence electrons. The Balaban J connectivity index is 2.34. The van der Waals surface area contributed by atoms with Gasteiger partial charge in [0.25, 0.3) is 0 Å². The molecule has 0 aromatic heterocycles. The van der Waals surface area contributed by atoms with Crippen molar-refractivity contribution in [3.8, 4) is 5.75 Å². The smallest absolute Gasteiger partial charge is 0.307 e. The summed E-state index contributed by atoms with van der Waals surface area (Å²) in [6.07, 6.45) is 0. The van der Waals surface area contributed by atoms with Crippen LogP contribution in [0, 0.1) is 0 Å². The second kappa shape index (κ2) is 3.10. The van der Waals surface area contributed by atoms with E-state index in [-0.39, 0.29) is 0 Å². The Morgan fingerprint density at radius 2 is 2.18 bits per heavy atom. The van der Waals surface area contributed by atoms with Gasteiger partial charge in [0.1, 0.15) is 5.75 Å². The molecule has 2 rings (SSSR count). The molecule has 2 nitrogen and oxygen atoms in total. The summed E-state index contributed by atoms with van der Waals surface area (Å²) in [6.45, 7) is 0.646. The third kappa shape index (κ3) is 1.56. The van der Waals surface area contributed by atoms with E-state index in [4.69, 9.17) is 9.05 Å². The average Bonchev–Trinajstić information content (AvgIpc) is 2.04. The number of rotatable bonds is 0. The second-order valence-electron chi connectivity index (χ2n) is 2.18. The Morgan fingerprint density at radius 3 is 3.09 bits per heavy atom. The number of fused-ring (bicyclic) bond motifs is 1. The summed E-state index contributed by atoms with van der Waals surface area (Å²) in [4.78, 5) is 0. The number of hydrogen-bond acceptors (Lipinski definition) is 2. The molecule has 0 aliphatic carbocycles. The molecule has 1 unspecified atom stereocenters. The van der Waals surface area contributed by atoms with Crippen molar-refractivity contribution >= 4 is 22.6 Å². The van der Waals surface area contributed by atoms with Gasteiger partial charge in [0, 0.05) is 21.1 Å². The van der Waals surface area contributed by atoms with Crippen molar-refractivity contribution in [2.24, 2.45) is 0 Å². The molecule has 1 aliphatic heterocycles. The van der Waals surface area contributed by atoms with E-state index in [9.17, 15) is 0 Å². The molecule has 0 fully saturated rings. The molecule has 1 aromatic carbocycles. The topological polar surface area (TPSA) is 18.5 Å². The summed E-state index contributed by atoms with van der Waals surface area (Å²) >= 11 is 3.28. The van der Waals surface area contributed by atoms with Gasteiger partial charge in [-0.05, 0) is 6.07 Å². The number of benzene rings is 1. The zero-order valence-electron chi connectivity index (χ0n) is 5.66. The van der Waals surface area contributed by atoms with Crippen LogP contribution in [0.5, 0.6) is 5.75 Å².